The van der Waals surface area contributed by atoms with Gasteiger partial charge < -0.3 is 4.74 Å². The molecule has 0 spiro atoms. The van der Waals surface area contributed by atoms with Crippen molar-refractivity contribution in [1.29, 1.82) is 0 Å². The first-order chi connectivity index (χ1) is 14.6. The molecule has 0 radical (unpaired) electrons. The van der Waals surface area contributed by atoms with Crippen LogP contribution >= 0.6 is 27.5 Å². The molecule has 1 aliphatic heterocycles. The Morgan fingerprint density at radius 2 is 1.73 bits per heavy atom. The van der Waals surface area contributed by atoms with Crippen molar-refractivity contribution in [3.05, 3.63) is 99.1 Å². The monoisotopic (exact) mass is 480 g/mol. The van der Waals surface area contributed by atoms with Crippen LogP contribution in [0.5, 0.6) is 5.75 Å². The van der Waals surface area contributed by atoms with Gasteiger partial charge in [-0.3, -0.25) is 9.69 Å². The molecule has 4 rings (SSSR count). The zero-order chi connectivity index (χ0) is 21.1. The quantitative estimate of drug-likeness (QED) is 0.399. The van der Waals surface area contributed by atoms with Crippen molar-refractivity contribution < 1.29 is 9.53 Å². The molecule has 150 valence electrons. The zero-order valence-corrected chi connectivity index (χ0v) is 18.5. The summed E-state index contributed by atoms with van der Waals surface area (Å²) in [6, 6.07) is 22.4. The van der Waals surface area contributed by atoms with E-state index in [2.05, 4.69) is 15.9 Å². The van der Waals surface area contributed by atoms with Crippen LogP contribution in [0.4, 0.5) is 5.69 Å². The molecule has 0 bridgehead atoms. The van der Waals surface area contributed by atoms with Crippen LogP contribution in [-0.2, 0) is 4.79 Å². The average Bonchev–Trinajstić information content (AvgIpc) is 3.06. The minimum absolute atomic E-state index is 0.197. The third-order valence-electron chi connectivity index (χ3n) is 4.55. The summed E-state index contributed by atoms with van der Waals surface area (Å²) in [5, 5.41) is 0.606. The molecule has 0 saturated heterocycles. The predicted octanol–water partition coefficient (Wildman–Crippen LogP) is 6.34. The number of benzene rings is 3. The van der Waals surface area contributed by atoms with Gasteiger partial charge in [-0.05, 0) is 61.0 Å². The molecule has 0 fully saturated rings. The molecule has 3 aromatic carbocycles. The first kappa shape index (κ1) is 20.4. The van der Waals surface area contributed by atoms with Crippen LogP contribution in [0, 0.1) is 0 Å². The highest BCUT2D eigenvalue weighted by molar-refractivity contribution is 9.10. The van der Waals surface area contributed by atoms with Crippen LogP contribution in [0.3, 0.4) is 0 Å². The Kier molecular flexibility index (Phi) is 6.02. The Morgan fingerprint density at radius 1 is 1.03 bits per heavy atom. The molecule has 30 heavy (non-hydrogen) atoms. The summed E-state index contributed by atoms with van der Waals surface area (Å²) in [5.41, 5.74) is 2.76. The highest BCUT2D eigenvalue weighted by Gasteiger charge is 2.33. The first-order valence-corrected chi connectivity index (χ1v) is 10.6. The molecule has 1 amide bonds. The number of rotatable bonds is 5. The number of amides is 1. The molecule has 0 aliphatic carbocycles. The van der Waals surface area contributed by atoms with Crippen LogP contribution in [0.2, 0.25) is 5.02 Å². The van der Waals surface area contributed by atoms with Gasteiger partial charge in [0, 0.05) is 15.1 Å². The number of anilines is 1. The zero-order valence-electron chi connectivity index (χ0n) is 16.2. The number of hydrogen-bond donors (Lipinski definition) is 0. The first-order valence-electron chi connectivity index (χ1n) is 9.45. The Labute approximate surface area is 188 Å². The predicted molar refractivity (Wildman–Crippen MR) is 125 cm³/mol. The molecule has 0 N–H and O–H groups in total. The van der Waals surface area contributed by atoms with Gasteiger partial charge in [0.2, 0.25) is 0 Å². The number of aliphatic imine (C=N–C) groups is 1. The molecule has 4 nitrogen and oxygen atoms in total. The van der Waals surface area contributed by atoms with E-state index < -0.39 is 0 Å². The van der Waals surface area contributed by atoms with Crippen molar-refractivity contribution >= 4 is 51.0 Å². The summed E-state index contributed by atoms with van der Waals surface area (Å²) in [6.07, 6.45) is 1.78. The van der Waals surface area contributed by atoms with Gasteiger partial charge in [-0.2, -0.15) is 0 Å². The van der Waals surface area contributed by atoms with Crippen molar-refractivity contribution in [3.63, 3.8) is 0 Å². The number of nitrogens with zero attached hydrogens (tertiary/aromatic N) is 2. The van der Waals surface area contributed by atoms with E-state index in [1.807, 2.05) is 67.6 Å². The number of amidine groups is 1. The van der Waals surface area contributed by atoms with Crippen molar-refractivity contribution in [2.45, 2.75) is 6.92 Å². The highest BCUT2D eigenvalue weighted by atomic mass is 79.9. The fourth-order valence-electron chi connectivity index (χ4n) is 3.15. The lowest BCUT2D eigenvalue weighted by molar-refractivity contribution is -0.113. The van der Waals surface area contributed by atoms with Crippen molar-refractivity contribution in [2.75, 3.05) is 11.5 Å². The van der Waals surface area contributed by atoms with Gasteiger partial charge in [-0.15, -0.1) is 0 Å². The number of carbonyl (C=O) groups is 1. The van der Waals surface area contributed by atoms with E-state index in [1.54, 1.807) is 23.1 Å². The van der Waals surface area contributed by atoms with E-state index in [-0.39, 0.29) is 5.91 Å². The summed E-state index contributed by atoms with van der Waals surface area (Å²) in [4.78, 5) is 19.6. The molecule has 6 heteroatoms. The molecule has 0 aromatic heterocycles. The van der Waals surface area contributed by atoms with Gasteiger partial charge in [0.1, 0.15) is 17.3 Å². The molecular formula is C24H18BrClN2O2. The maximum Gasteiger partial charge on any atom is 0.282 e. The Balaban J connectivity index is 1.77. The van der Waals surface area contributed by atoms with E-state index in [9.17, 15) is 4.79 Å². The van der Waals surface area contributed by atoms with Crippen molar-refractivity contribution in [1.82, 2.24) is 0 Å². The fraction of sp³-hybridized carbons (Fsp3) is 0.0833. The second kappa shape index (κ2) is 8.86. The topological polar surface area (TPSA) is 41.9 Å². The highest BCUT2D eigenvalue weighted by Crippen LogP contribution is 2.31. The fourth-order valence-corrected chi connectivity index (χ4v) is 3.74. The Morgan fingerprint density at radius 3 is 2.40 bits per heavy atom. The minimum atomic E-state index is -0.197. The largest absolute Gasteiger partial charge is 0.494 e. The van der Waals surface area contributed by atoms with E-state index in [0.29, 0.717) is 28.8 Å². The summed E-state index contributed by atoms with van der Waals surface area (Å²) in [5.74, 6) is 1.15. The lowest BCUT2D eigenvalue weighted by Crippen LogP contribution is -2.32. The van der Waals surface area contributed by atoms with Gasteiger partial charge in [0.05, 0.1) is 12.3 Å². The SMILES string of the molecule is CCOc1ccc(/C=C2/N=C(c3ccccc3Br)N(c3ccc(Cl)cc3)C2=O)cc1. The third kappa shape index (κ3) is 4.18. The number of ether oxygens (including phenoxy) is 1. The van der Waals surface area contributed by atoms with Crippen LogP contribution in [-0.4, -0.2) is 18.3 Å². The summed E-state index contributed by atoms with van der Waals surface area (Å²) >= 11 is 9.62. The average molecular weight is 482 g/mol. The van der Waals surface area contributed by atoms with E-state index in [4.69, 9.17) is 21.3 Å². The Hall–Kier alpha value is -2.89. The summed E-state index contributed by atoms with van der Waals surface area (Å²) in [6.45, 7) is 2.55. The lowest BCUT2D eigenvalue weighted by atomic mass is 10.1. The van der Waals surface area contributed by atoms with Gasteiger partial charge >= 0.3 is 0 Å². The molecule has 1 heterocycles. The van der Waals surface area contributed by atoms with Crippen LogP contribution < -0.4 is 9.64 Å². The van der Waals surface area contributed by atoms with Crippen molar-refractivity contribution in [3.8, 4) is 5.75 Å². The minimum Gasteiger partial charge on any atom is -0.494 e. The number of carbonyl (C=O) groups excluding carboxylic acids is 1. The number of hydrogen-bond acceptors (Lipinski definition) is 3. The van der Waals surface area contributed by atoms with Crippen LogP contribution in [0.25, 0.3) is 6.08 Å². The smallest absolute Gasteiger partial charge is 0.282 e. The van der Waals surface area contributed by atoms with Gasteiger partial charge in [0.25, 0.3) is 5.91 Å². The van der Waals surface area contributed by atoms with Gasteiger partial charge in [-0.25, -0.2) is 4.99 Å². The van der Waals surface area contributed by atoms with E-state index in [1.165, 1.54) is 0 Å². The standard InChI is InChI=1S/C24H18BrClN2O2/c1-2-30-19-13-7-16(8-14-19)15-22-24(29)28(18-11-9-17(26)10-12-18)23(27-22)20-5-3-4-6-21(20)25/h3-15H,2H2,1H3/b22-15+. The van der Waals surface area contributed by atoms with Crippen LogP contribution in [0.1, 0.15) is 18.1 Å². The number of halogens is 2. The maximum absolute atomic E-state index is 13.3. The Bertz CT molecular complexity index is 1140. The molecule has 3 aromatic rings. The van der Waals surface area contributed by atoms with E-state index >= 15 is 0 Å². The second-order valence-electron chi connectivity index (χ2n) is 6.56. The third-order valence-corrected chi connectivity index (χ3v) is 5.50. The summed E-state index contributed by atoms with van der Waals surface area (Å²) < 4.78 is 6.34. The molecule has 0 unspecified atom stereocenters. The molecule has 1 aliphatic rings. The molecular weight excluding hydrogens is 464 g/mol. The van der Waals surface area contributed by atoms with E-state index in [0.717, 1.165) is 21.3 Å². The lowest BCUT2D eigenvalue weighted by Gasteiger charge is -2.19. The van der Waals surface area contributed by atoms with Gasteiger partial charge in [-0.1, -0.05) is 57.9 Å². The molecule has 0 saturated carbocycles. The normalized spacial score (nSPS) is 14.9. The van der Waals surface area contributed by atoms with Gasteiger partial charge in [0.15, 0.2) is 0 Å². The van der Waals surface area contributed by atoms with Crippen molar-refractivity contribution in [2.24, 2.45) is 4.99 Å². The summed E-state index contributed by atoms with van der Waals surface area (Å²) in [7, 11) is 0. The van der Waals surface area contributed by atoms with Crippen LogP contribution in [0.15, 0.2) is 88.0 Å². The molecule has 0 atom stereocenters. The second-order valence-corrected chi connectivity index (χ2v) is 7.85. The maximum atomic E-state index is 13.3.